The van der Waals surface area contributed by atoms with Crippen LogP contribution >= 0.6 is 11.6 Å². The van der Waals surface area contributed by atoms with Crippen LogP contribution < -0.4 is 10.1 Å². The van der Waals surface area contributed by atoms with E-state index in [1.807, 2.05) is 36.4 Å². The van der Waals surface area contributed by atoms with Gasteiger partial charge in [-0.1, -0.05) is 29.8 Å². The molecule has 3 aromatic rings. The zero-order valence-electron chi connectivity index (χ0n) is 15.9. The normalized spacial score (nSPS) is 18.6. The third-order valence-electron chi connectivity index (χ3n) is 4.96. The van der Waals surface area contributed by atoms with E-state index < -0.39 is 0 Å². The Bertz CT molecular complexity index is 990. The molecule has 1 saturated heterocycles. The van der Waals surface area contributed by atoms with Gasteiger partial charge in [-0.2, -0.15) is 5.10 Å². The monoisotopic (exact) mass is 412 g/mol. The Morgan fingerprint density at radius 3 is 2.97 bits per heavy atom. The number of rotatable bonds is 6. The van der Waals surface area contributed by atoms with Crippen LogP contribution in [0.4, 0.5) is 0 Å². The lowest BCUT2D eigenvalue weighted by atomic mass is 9.97. The first-order valence-corrected chi connectivity index (χ1v) is 9.72. The Hall–Kier alpha value is -2.90. The summed E-state index contributed by atoms with van der Waals surface area (Å²) in [6.07, 6.45) is 3.62. The number of hydrogen-bond acceptors (Lipinski definition) is 5. The van der Waals surface area contributed by atoms with E-state index in [2.05, 4.69) is 15.4 Å². The van der Waals surface area contributed by atoms with E-state index in [1.54, 1.807) is 30.3 Å². The number of hydrogen-bond donors (Lipinski definition) is 1. The van der Waals surface area contributed by atoms with E-state index in [-0.39, 0.29) is 17.9 Å². The maximum Gasteiger partial charge on any atom is 0.226 e. The van der Waals surface area contributed by atoms with E-state index >= 15 is 0 Å². The highest BCUT2D eigenvalue weighted by Crippen LogP contribution is 2.36. The molecule has 2 aromatic heterocycles. The average molecular weight is 413 g/mol. The van der Waals surface area contributed by atoms with Crippen LogP contribution in [0.2, 0.25) is 5.15 Å². The number of carbonyl (C=O) groups is 1. The lowest BCUT2D eigenvalue weighted by Gasteiger charge is -2.20. The summed E-state index contributed by atoms with van der Waals surface area (Å²) >= 11 is 5.81. The number of aromatic nitrogens is 3. The molecule has 29 heavy (non-hydrogen) atoms. The first kappa shape index (κ1) is 19.4. The number of benzene rings is 1. The Kier molecular flexibility index (Phi) is 5.78. The zero-order chi connectivity index (χ0) is 20.2. The minimum Gasteiger partial charge on any atom is -0.494 e. The summed E-state index contributed by atoms with van der Waals surface area (Å²) in [5, 5.41) is 7.84. The molecule has 1 N–H and O–H groups in total. The summed E-state index contributed by atoms with van der Waals surface area (Å²) in [5.41, 5.74) is 2.51. The van der Waals surface area contributed by atoms with Crippen LogP contribution in [0.1, 0.15) is 23.8 Å². The standard InChI is InChI=1S/C21H21ClN4O3/c1-28-18-5-3-2-4-16(18)26-17(8-10-25-26)20-15(9-11-29-20)21(27)24-13-14-6-7-19(22)23-12-14/h2-8,10,12,15,20H,9,11,13H2,1H3,(H,24,27)/t15-,20-/m0/s1. The zero-order valence-corrected chi connectivity index (χ0v) is 16.7. The third kappa shape index (κ3) is 4.11. The molecule has 1 aliphatic heterocycles. The number of ether oxygens (including phenoxy) is 2. The van der Waals surface area contributed by atoms with E-state index in [9.17, 15) is 4.79 Å². The summed E-state index contributed by atoms with van der Waals surface area (Å²) in [5.74, 6) is 0.335. The smallest absolute Gasteiger partial charge is 0.226 e. The summed E-state index contributed by atoms with van der Waals surface area (Å²) < 4.78 is 13.2. The number of halogens is 1. The topological polar surface area (TPSA) is 78.3 Å². The fourth-order valence-electron chi connectivity index (χ4n) is 3.52. The molecule has 2 atom stereocenters. The molecule has 1 fully saturated rings. The average Bonchev–Trinajstić information content (AvgIpc) is 3.42. The van der Waals surface area contributed by atoms with E-state index in [1.165, 1.54) is 0 Å². The second kappa shape index (κ2) is 8.63. The molecule has 0 aliphatic carbocycles. The van der Waals surface area contributed by atoms with E-state index in [0.29, 0.717) is 30.5 Å². The molecule has 1 aliphatic rings. The van der Waals surface area contributed by atoms with E-state index in [0.717, 1.165) is 16.9 Å². The van der Waals surface area contributed by atoms with Crippen molar-refractivity contribution >= 4 is 17.5 Å². The van der Waals surface area contributed by atoms with Crippen molar-refractivity contribution in [3.63, 3.8) is 0 Å². The third-order valence-corrected chi connectivity index (χ3v) is 5.18. The molecule has 1 amide bonds. The molecule has 4 rings (SSSR count). The van der Waals surface area contributed by atoms with Crippen molar-refractivity contribution in [1.82, 2.24) is 20.1 Å². The van der Waals surface area contributed by atoms with Crippen molar-refractivity contribution in [1.29, 1.82) is 0 Å². The van der Waals surface area contributed by atoms with Crippen LogP contribution in [-0.2, 0) is 16.1 Å². The Balaban J connectivity index is 1.52. The highest BCUT2D eigenvalue weighted by Gasteiger charge is 2.37. The quantitative estimate of drug-likeness (QED) is 0.628. The lowest BCUT2D eigenvalue weighted by Crippen LogP contribution is -2.32. The highest BCUT2D eigenvalue weighted by molar-refractivity contribution is 6.29. The van der Waals surface area contributed by atoms with Crippen LogP contribution in [0, 0.1) is 5.92 Å². The first-order chi connectivity index (χ1) is 14.2. The minimum absolute atomic E-state index is 0.0600. The summed E-state index contributed by atoms with van der Waals surface area (Å²) in [6.45, 7) is 0.903. The van der Waals surface area contributed by atoms with Gasteiger partial charge in [-0.15, -0.1) is 0 Å². The fourth-order valence-corrected chi connectivity index (χ4v) is 3.63. The minimum atomic E-state index is -0.384. The molecule has 8 heteroatoms. The largest absolute Gasteiger partial charge is 0.494 e. The first-order valence-electron chi connectivity index (χ1n) is 9.34. The summed E-state index contributed by atoms with van der Waals surface area (Å²) in [7, 11) is 1.62. The molecule has 0 bridgehead atoms. The maximum absolute atomic E-state index is 12.9. The van der Waals surface area contributed by atoms with Gasteiger partial charge in [-0.05, 0) is 36.2 Å². The van der Waals surface area contributed by atoms with Gasteiger partial charge in [0.25, 0.3) is 0 Å². The van der Waals surface area contributed by atoms with Crippen molar-refractivity contribution < 1.29 is 14.3 Å². The number of methoxy groups -OCH3 is 1. The van der Waals surface area contributed by atoms with Gasteiger partial charge in [-0.25, -0.2) is 9.67 Å². The Morgan fingerprint density at radius 2 is 2.17 bits per heavy atom. The molecule has 0 spiro atoms. The van der Waals surface area contributed by atoms with Gasteiger partial charge < -0.3 is 14.8 Å². The van der Waals surface area contributed by atoms with Crippen molar-refractivity contribution in [2.75, 3.05) is 13.7 Å². The summed E-state index contributed by atoms with van der Waals surface area (Å²) in [6, 6.07) is 13.0. The van der Waals surface area contributed by atoms with Crippen molar-refractivity contribution in [3.8, 4) is 11.4 Å². The molecule has 0 radical (unpaired) electrons. The Labute approximate surface area is 173 Å². The Morgan fingerprint density at radius 1 is 1.31 bits per heavy atom. The van der Waals surface area contributed by atoms with Crippen LogP contribution in [0.15, 0.2) is 54.9 Å². The van der Waals surface area contributed by atoms with Gasteiger partial charge in [0.2, 0.25) is 5.91 Å². The molecular formula is C21H21ClN4O3. The number of carbonyl (C=O) groups excluding carboxylic acids is 1. The number of pyridine rings is 1. The van der Waals surface area contributed by atoms with Gasteiger partial charge in [-0.3, -0.25) is 4.79 Å². The van der Waals surface area contributed by atoms with Gasteiger partial charge >= 0.3 is 0 Å². The van der Waals surface area contributed by atoms with Gasteiger partial charge in [0.15, 0.2) is 0 Å². The van der Waals surface area contributed by atoms with Crippen molar-refractivity contribution in [2.45, 2.75) is 19.1 Å². The number of nitrogens with zero attached hydrogens (tertiary/aromatic N) is 3. The maximum atomic E-state index is 12.9. The SMILES string of the molecule is COc1ccccc1-n1nccc1[C@H]1OCC[C@@H]1C(=O)NCc1ccc(Cl)nc1. The van der Waals surface area contributed by atoms with Crippen LogP contribution in [0.3, 0.4) is 0 Å². The van der Waals surface area contributed by atoms with Gasteiger partial charge in [0, 0.05) is 25.5 Å². The van der Waals surface area contributed by atoms with Crippen molar-refractivity contribution in [2.24, 2.45) is 5.92 Å². The highest BCUT2D eigenvalue weighted by atomic mass is 35.5. The van der Waals surface area contributed by atoms with Crippen LogP contribution in [-0.4, -0.2) is 34.4 Å². The molecule has 0 unspecified atom stereocenters. The lowest BCUT2D eigenvalue weighted by molar-refractivity contribution is -0.127. The predicted octanol–water partition coefficient (Wildman–Crippen LogP) is 3.32. The number of para-hydroxylation sites is 2. The van der Waals surface area contributed by atoms with Crippen LogP contribution in [0.5, 0.6) is 5.75 Å². The number of nitrogens with one attached hydrogen (secondary N) is 1. The molecule has 7 nitrogen and oxygen atoms in total. The number of amides is 1. The molecule has 150 valence electrons. The fraction of sp³-hybridized carbons (Fsp3) is 0.286. The van der Waals surface area contributed by atoms with Crippen molar-refractivity contribution in [3.05, 3.63) is 71.3 Å². The second-order valence-corrected chi connectivity index (χ2v) is 7.12. The van der Waals surface area contributed by atoms with Gasteiger partial charge in [0.1, 0.15) is 22.7 Å². The molecule has 0 saturated carbocycles. The predicted molar refractivity (Wildman–Crippen MR) is 108 cm³/mol. The molecule has 3 heterocycles. The molecule has 1 aromatic carbocycles. The second-order valence-electron chi connectivity index (χ2n) is 6.73. The molecular weight excluding hydrogens is 392 g/mol. The van der Waals surface area contributed by atoms with E-state index in [4.69, 9.17) is 21.1 Å². The summed E-state index contributed by atoms with van der Waals surface area (Å²) in [4.78, 5) is 16.9. The van der Waals surface area contributed by atoms with Crippen LogP contribution in [0.25, 0.3) is 5.69 Å². The van der Waals surface area contributed by atoms with Gasteiger partial charge in [0.05, 0.1) is 18.7 Å².